The molecule has 1 amide bonds. The van der Waals surface area contributed by atoms with E-state index in [2.05, 4.69) is 10.4 Å². The molecule has 0 fully saturated rings. The van der Waals surface area contributed by atoms with E-state index in [9.17, 15) is 4.79 Å². The van der Waals surface area contributed by atoms with Gasteiger partial charge >= 0.3 is 0 Å². The zero-order valence-electron chi connectivity index (χ0n) is 14.6. The summed E-state index contributed by atoms with van der Waals surface area (Å²) in [6, 6.07) is 11.8. The second-order valence-corrected chi connectivity index (χ2v) is 6.45. The summed E-state index contributed by atoms with van der Waals surface area (Å²) in [4.78, 5) is 12.9. The Labute approximate surface area is 156 Å². The number of amides is 1. The predicted octanol–water partition coefficient (Wildman–Crippen LogP) is 3.81. The molecule has 3 rings (SSSR count). The lowest BCUT2D eigenvalue weighted by molar-refractivity contribution is 0.102. The third-order valence-corrected chi connectivity index (χ3v) is 4.50. The minimum Gasteiger partial charge on any atom is -0.492 e. The Morgan fingerprint density at radius 1 is 1.27 bits per heavy atom. The van der Waals surface area contributed by atoms with E-state index >= 15 is 0 Å². The molecule has 0 bridgehead atoms. The van der Waals surface area contributed by atoms with Crippen LogP contribution >= 0.6 is 11.3 Å². The Morgan fingerprint density at radius 2 is 2.12 bits per heavy atom. The van der Waals surface area contributed by atoms with Crippen molar-refractivity contribution in [1.82, 2.24) is 9.78 Å². The summed E-state index contributed by atoms with van der Waals surface area (Å²) >= 11 is 1.35. The fourth-order valence-electron chi connectivity index (χ4n) is 2.39. The standard InChI is InChI=1S/C19H21N3O3S/c1-2-25-17-8-11-26-18(17)19(23)21-16-12-20-22(13-16)9-10-24-14-15-6-4-3-5-7-15/h3-8,11-13H,2,9-10,14H2,1H3,(H,21,23). The number of nitrogens with zero attached hydrogens (tertiary/aromatic N) is 2. The normalized spacial score (nSPS) is 10.7. The van der Waals surface area contributed by atoms with Crippen LogP contribution < -0.4 is 10.1 Å². The van der Waals surface area contributed by atoms with Gasteiger partial charge in [0.25, 0.3) is 5.91 Å². The van der Waals surface area contributed by atoms with Crippen LogP contribution in [0.4, 0.5) is 5.69 Å². The van der Waals surface area contributed by atoms with Crippen molar-refractivity contribution in [1.29, 1.82) is 0 Å². The maximum atomic E-state index is 12.4. The number of carbonyl (C=O) groups is 1. The van der Waals surface area contributed by atoms with E-state index in [0.29, 0.717) is 42.7 Å². The summed E-state index contributed by atoms with van der Waals surface area (Å²) in [6.45, 7) is 4.15. The van der Waals surface area contributed by atoms with Gasteiger partial charge in [-0.1, -0.05) is 30.3 Å². The van der Waals surface area contributed by atoms with Crippen molar-refractivity contribution in [3.63, 3.8) is 0 Å². The van der Waals surface area contributed by atoms with Crippen molar-refractivity contribution in [3.05, 3.63) is 64.6 Å². The first-order valence-corrected chi connectivity index (χ1v) is 9.30. The Bertz CT molecular complexity index is 829. The molecule has 0 radical (unpaired) electrons. The molecule has 1 N–H and O–H groups in total. The largest absolute Gasteiger partial charge is 0.492 e. The lowest BCUT2D eigenvalue weighted by atomic mass is 10.2. The lowest BCUT2D eigenvalue weighted by Gasteiger charge is -2.05. The van der Waals surface area contributed by atoms with Crippen molar-refractivity contribution in [2.75, 3.05) is 18.5 Å². The average Bonchev–Trinajstić information content (AvgIpc) is 3.29. The highest BCUT2D eigenvalue weighted by atomic mass is 32.1. The monoisotopic (exact) mass is 371 g/mol. The van der Waals surface area contributed by atoms with Gasteiger partial charge in [0.2, 0.25) is 0 Å². The van der Waals surface area contributed by atoms with E-state index in [1.165, 1.54) is 11.3 Å². The molecule has 26 heavy (non-hydrogen) atoms. The molecule has 6 nitrogen and oxygen atoms in total. The van der Waals surface area contributed by atoms with E-state index in [0.717, 1.165) is 5.56 Å². The first-order chi connectivity index (χ1) is 12.8. The van der Waals surface area contributed by atoms with Crippen LogP contribution in [0.3, 0.4) is 0 Å². The van der Waals surface area contributed by atoms with Crippen LogP contribution in [-0.4, -0.2) is 28.9 Å². The fourth-order valence-corrected chi connectivity index (χ4v) is 3.12. The number of hydrogen-bond acceptors (Lipinski definition) is 5. The minimum atomic E-state index is -0.191. The third kappa shape index (κ3) is 4.93. The summed E-state index contributed by atoms with van der Waals surface area (Å²) < 4.78 is 12.9. The Kier molecular flexibility index (Phi) is 6.40. The van der Waals surface area contributed by atoms with Gasteiger partial charge in [0.1, 0.15) is 10.6 Å². The van der Waals surface area contributed by atoms with Gasteiger partial charge in [-0.3, -0.25) is 9.48 Å². The highest BCUT2D eigenvalue weighted by molar-refractivity contribution is 7.12. The molecular weight excluding hydrogens is 350 g/mol. The van der Waals surface area contributed by atoms with Crippen molar-refractivity contribution in [3.8, 4) is 5.75 Å². The van der Waals surface area contributed by atoms with Crippen LogP contribution in [0.25, 0.3) is 0 Å². The van der Waals surface area contributed by atoms with Crippen molar-refractivity contribution in [2.24, 2.45) is 0 Å². The molecule has 7 heteroatoms. The Balaban J connectivity index is 1.47. The topological polar surface area (TPSA) is 65.4 Å². The molecule has 0 atom stereocenters. The summed E-state index contributed by atoms with van der Waals surface area (Å²) in [6.07, 6.45) is 3.42. The predicted molar refractivity (Wildman–Crippen MR) is 102 cm³/mol. The first-order valence-electron chi connectivity index (χ1n) is 8.42. The van der Waals surface area contributed by atoms with E-state index in [1.54, 1.807) is 23.1 Å². The Morgan fingerprint density at radius 3 is 2.92 bits per heavy atom. The van der Waals surface area contributed by atoms with Crippen LogP contribution in [-0.2, 0) is 17.9 Å². The number of hydrogen-bond donors (Lipinski definition) is 1. The minimum absolute atomic E-state index is 0.191. The molecule has 0 saturated carbocycles. The zero-order valence-corrected chi connectivity index (χ0v) is 15.4. The van der Waals surface area contributed by atoms with Crippen molar-refractivity contribution >= 4 is 22.9 Å². The number of benzene rings is 1. The molecule has 0 spiro atoms. The van der Waals surface area contributed by atoms with Crippen LogP contribution in [0.15, 0.2) is 54.2 Å². The van der Waals surface area contributed by atoms with Gasteiger partial charge in [-0.15, -0.1) is 11.3 Å². The quantitative estimate of drug-likeness (QED) is 0.581. The summed E-state index contributed by atoms with van der Waals surface area (Å²) in [5.74, 6) is 0.417. The second kappa shape index (κ2) is 9.17. The molecule has 2 aromatic heterocycles. The van der Waals surface area contributed by atoms with Gasteiger partial charge in [-0.25, -0.2) is 0 Å². The summed E-state index contributed by atoms with van der Waals surface area (Å²) in [5.41, 5.74) is 1.79. The molecule has 0 unspecified atom stereocenters. The van der Waals surface area contributed by atoms with Gasteiger partial charge in [-0.05, 0) is 23.9 Å². The highest BCUT2D eigenvalue weighted by Crippen LogP contribution is 2.25. The lowest BCUT2D eigenvalue weighted by Crippen LogP contribution is -2.11. The second-order valence-electron chi connectivity index (χ2n) is 5.53. The number of carbonyl (C=O) groups excluding carboxylic acids is 1. The van der Waals surface area contributed by atoms with Gasteiger partial charge in [0.05, 0.1) is 38.2 Å². The van der Waals surface area contributed by atoms with Crippen LogP contribution in [0.5, 0.6) is 5.75 Å². The van der Waals surface area contributed by atoms with E-state index in [-0.39, 0.29) is 5.91 Å². The molecule has 0 aliphatic heterocycles. The number of rotatable bonds is 9. The van der Waals surface area contributed by atoms with Crippen LogP contribution in [0.1, 0.15) is 22.2 Å². The summed E-state index contributed by atoms with van der Waals surface area (Å²) in [7, 11) is 0. The number of aromatic nitrogens is 2. The number of ether oxygens (including phenoxy) is 2. The number of thiophene rings is 1. The fraction of sp³-hybridized carbons (Fsp3) is 0.263. The zero-order chi connectivity index (χ0) is 18.2. The van der Waals surface area contributed by atoms with Gasteiger partial charge in [-0.2, -0.15) is 5.10 Å². The SMILES string of the molecule is CCOc1ccsc1C(=O)Nc1cnn(CCOCc2ccccc2)c1. The summed E-state index contributed by atoms with van der Waals surface area (Å²) in [5, 5.41) is 8.94. The maximum Gasteiger partial charge on any atom is 0.269 e. The molecule has 2 heterocycles. The molecule has 136 valence electrons. The average molecular weight is 371 g/mol. The van der Waals surface area contributed by atoms with Gasteiger partial charge < -0.3 is 14.8 Å². The van der Waals surface area contributed by atoms with Crippen molar-refractivity contribution < 1.29 is 14.3 Å². The molecule has 0 aliphatic rings. The van der Waals surface area contributed by atoms with Crippen molar-refractivity contribution in [2.45, 2.75) is 20.1 Å². The maximum absolute atomic E-state index is 12.4. The number of nitrogens with one attached hydrogen (secondary N) is 1. The van der Waals surface area contributed by atoms with E-state index < -0.39 is 0 Å². The Hall–Kier alpha value is -2.64. The number of anilines is 1. The first kappa shape index (κ1) is 18.2. The molecule has 0 aliphatic carbocycles. The molecule has 3 aromatic rings. The molecule has 1 aromatic carbocycles. The van der Waals surface area contributed by atoms with E-state index in [1.807, 2.05) is 42.6 Å². The van der Waals surface area contributed by atoms with Crippen LogP contribution in [0.2, 0.25) is 0 Å². The van der Waals surface area contributed by atoms with Gasteiger partial charge in [0, 0.05) is 6.20 Å². The molecule has 0 saturated heterocycles. The van der Waals surface area contributed by atoms with Gasteiger partial charge in [0.15, 0.2) is 0 Å². The van der Waals surface area contributed by atoms with E-state index in [4.69, 9.17) is 9.47 Å². The third-order valence-electron chi connectivity index (χ3n) is 3.60. The smallest absolute Gasteiger partial charge is 0.269 e. The molecular formula is C19H21N3O3S. The van der Waals surface area contributed by atoms with Crippen LogP contribution in [0, 0.1) is 0 Å². The highest BCUT2D eigenvalue weighted by Gasteiger charge is 2.15.